The standard InChI is InChI=1S/C13H15NO4S.K.H/c15-19(16,17)13(12-7-4-10-18-12)14-9-8-11-5-2-1-3-6-11;;/h1-7,10,13-14H,8-9H2,(H,15,16,17);;/q;+1;-1. The van der Waals surface area contributed by atoms with E-state index in [1.54, 1.807) is 6.07 Å². The minimum Gasteiger partial charge on any atom is -1.00 e. The van der Waals surface area contributed by atoms with Crippen molar-refractivity contribution in [2.45, 2.75) is 11.8 Å². The summed E-state index contributed by atoms with van der Waals surface area (Å²) < 4.78 is 36.8. The first-order valence-corrected chi connectivity index (χ1v) is 7.35. The van der Waals surface area contributed by atoms with Crippen LogP contribution in [-0.2, 0) is 16.5 Å². The Balaban J connectivity index is 0.00000200. The summed E-state index contributed by atoms with van der Waals surface area (Å²) in [5.74, 6) is 0.176. The smallest absolute Gasteiger partial charge is 1.00 e. The average Bonchev–Trinajstić information content (AvgIpc) is 2.88. The quantitative estimate of drug-likeness (QED) is 0.533. The summed E-state index contributed by atoms with van der Waals surface area (Å²) in [6, 6.07) is 12.7. The van der Waals surface area contributed by atoms with Crippen LogP contribution in [0.25, 0.3) is 0 Å². The van der Waals surface area contributed by atoms with Gasteiger partial charge in [-0.2, -0.15) is 8.42 Å². The van der Waals surface area contributed by atoms with Crippen LogP contribution in [0.5, 0.6) is 0 Å². The third-order valence-corrected chi connectivity index (χ3v) is 3.68. The van der Waals surface area contributed by atoms with E-state index in [9.17, 15) is 13.0 Å². The van der Waals surface area contributed by atoms with E-state index < -0.39 is 15.5 Å². The molecule has 2 aromatic rings. The van der Waals surface area contributed by atoms with E-state index in [0.717, 1.165) is 5.56 Å². The molecule has 0 saturated heterocycles. The van der Waals surface area contributed by atoms with Gasteiger partial charge in [0.2, 0.25) is 0 Å². The summed E-state index contributed by atoms with van der Waals surface area (Å²) in [5.41, 5.74) is 1.09. The molecule has 104 valence electrons. The Hall–Kier alpha value is 0.00636. The Kier molecular flexibility index (Phi) is 7.63. The van der Waals surface area contributed by atoms with Gasteiger partial charge < -0.3 is 5.84 Å². The largest absolute Gasteiger partial charge is 1.00 e. The molecule has 1 unspecified atom stereocenters. The second kappa shape index (κ2) is 8.45. The summed E-state index contributed by atoms with van der Waals surface area (Å²) >= 11 is 0. The number of furan rings is 1. The molecule has 0 aliphatic rings. The molecule has 0 spiro atoms. The van der Waals surface area contributed by atoms with E-state index in [-0.39, 0.29) is 58.6 Å². The van der Waals surface area contributed by atoms with Gasteiger partial charge in [-0.05, 0) is 24.1 Å². The van der Waals surface area contributed by atoms with Crippen LogP contribution in [0.4, 0.5) is 0 Å². The first kappa shape index (κ1) is 18.1. The summed E-state index contributed by atoms with van der Waals surface area (Å²) in [4.78, 5) is 0. The average molecular weight is 321 g/mol. The minimum atomic E-state index is -4.25. The van der Waals surface area contributed by atoms with E-state index in [1.807, 2.05) is 30.3 Å². The monoisotopic (exact) mass is 321 g/mol. The predicted molar refractivity (Wildman–Crippen MR) is 72.3 cm³/mol. The van der Waals surface area contributed by atoms with Crippen LogP contribution in [0.2, 0.25) is 0 Å². The van der Waals surface area contributed by atoms with Crippen molar-refractivity contribution >= 4 is 10.1 Å². The van der Waals surface area contributed by atoms with Crippen LogP contribution in [0.1, 0.15) is 18.1 Å². The van der Waals surface area contributed by atoms with Crippen molar-refractivity contribution in [3.05, 3.63) is 60.1 Å². The van der Waals surface area contributed by atoms with Gasteiger partial charge in [0.05, 0.1) is 6.26 Å². The van der Waals surface area contributed by atoms with Gasteiger partial charge >= 0.3 is 51.4 Å². The Labute approximate surface area is 162 Å². The van der Waals surface area contributed by atoms with Crippen molar-refractivity contribution in [1.82, 2.24) is 5.32 Å². The summed E-state index contributed by atoms with van der Waals surface area (Å²) in [7, 11) is -4.25. The molecule has 1 heterocycles. The van der Waals surface area contributed by atoms with Gasteiger partial charge in [0, 0.05) is 6.54 Å². The summed E-state index contributed by atoms with van der Waals surface area (Å²) in [6.45, 7) is 0.412. The maximum atomic E-state index is 11.3. The normalized spacial score (nSPS) is 12.7. The number of nitrogens with one attached hydrogen (secondary N) is 1. The fourth-order valence-electron chi connectivity index (χ4n) is 1.79. The molecular weight excluding hydrogens is 305 g/mol. The molecule has 0 amide bonds. The molecule has 20 heavy (non-hydrogen) atoms. The van der Waals surface area contributed by atoms with Crippen LogP contribution in [-0.4, -0.2) is 19.5 Å². The number of hydrogen-bond acceptors (Lipinski definition) is 4. The number of hydrogen-bond donors (Lipinski definition) is 2. The first-order valence-electron chi connectivity index (χ1n) is 5.84. The molecule has 0 bridgehead atoms. The Bertz CT molecular complexity index is 604. The van der Waals surface area contributed by atoms with Crippen LogP contribution in [0, 0.1) is 0 Å². The molecule has 5 nitrogen and oxygen atoms in total. The maximum absolute atomic E-state index is 11.3. The van der Waals surface area contributed by atoms with E-state index in [2.05, 4.69) is 5.32 Å². The Morgan fingerprint density at radius 2 is 1.90 bits per heavy atom. The van der Waals surface area contributed by atoms with E-state index in [1.165, 1.54) is 12.3 Å². The molecule has 0 aliphatic heterocycles. The van der Waals surface area contributed by atoms with Gasteiger partial charge in [-0.3, -0.25) is 9.87 Å². The van der Waals surface area contributed by atoms with E-state index in [4.69, 9.17) is 4.42 Å². The molecular formula is C13H16KNO4S. The molecule has 1 aromatic carbocycles. The van der Waals surface area contributed by atoms with Crippen LogP contribution in [0.15, 0.2) is 53.1 Å². The third kappa shape index (κ3) is 5.42. The predicted octanol–water partition coefficient (Wildman–Crippen LogP) is -0.885. The first-order chi connectivity index (χ1) is 9.07. The van der Waals surface area contributed by atoms with Crippen molar-refractivity contribution in [2.75, 3.05) is 6.54 Å². The van der Waals surface area contributed by atoms with Crippen LogP contribution < -0.4 is 56.7 Å². The van der Waals surface area contributed by atoms with Gasteiger partial charge in [0.25, 0.3) is 10.1 Å². The van der Waals surface area contributed by atoms with Gasteiger partial charge in [-0.15, -0.1) is 0 Å². The molecule has 0 radical (unpaired) electrons. The zero-order valence-corrected chi connectivity index (χ0v) is 15.1. The SMILES string of the molecule is O=S(=O)(O)C(NCCc1ccccc1)c1ccco1.[H-].[K+]. The number of benzene rings is 1. The van der Waals surface area contributed by atoms with E-state index in [0.29, 0.717) is 13.0 Å². The second-order valence-corrected chi connectivity index (χ2v) is 5.60. The van der Waals surface area contributed by atoms with Gasteiger partial charge in [0.1, 0.15) is 5.76 Å². The summed E-state index contributed by atoms with van der Waals surface area (Å²) in [6.07, 6.45) is 2.03. The molecule has 0 fully saturated rings. The fraction of sp³-hybridized carbons (Fsp3) is 0.231. The molecule has 2 rings (SSSR count). The van der Waals surface area contributed by atoms with Crippen molar-refractivity contribution < 1.29 is 70.2 Å². The van der Waals surface area contributed by atoms with Crippen LogP contribution >= 0.6 is 0 Å². The van der Waals surface area contributed by atoms with Crippen molar-refractivity contribution in [3.63, 3.8) is 0 Å². The topological polar surface area (TPSA) is 79.5 Å². The maximum Gasteiger partial charge on any atom is 1.00 e. The molecule has 0 saturated carbocycles. The fourth-order valence-corrected chi connectivity index (χ4v) is 2.54. The van der Waals surface area contributed by atoms with Crippen molar-refractivity contribution in [3.8, 4) is 0 Å². The molecule has 2 N–H and O–H groups in total. The van der Waals surface area contributed by atoms with Gasteiger partial charge in [-0.25, -0.2) is 0 Å². The Morgan fingerprint density at radius 3 is 2.45 bits per heavy atom. The third-order valence-electron chi connectivity index (χ3n) is 2.69. The zero-order chi connectivity index (χ0) is 13.7. The molecule has 1 atom stereocenters. The van der Waals surface area contributed by atoms with Gasteiger partial charge in [0.15, 0.2) is 5.37 Å². The minimum absolute atomic E-state index is 0. The van der Waals surface area contributed by atoms with Crippen molar-refractivity contribution in [2.24, 2.45) is 0 Å². The van der Waals surface area contributed by atoms with E-state index >= 15 is 0 Å². The number of rotatable bonds is 6. The molecule has 7 heteroatoms. The van der Waals surface area contributed by atoms with Crippen LogP contribution in [0.3, 0.4) is 0 Å². The van der Waals surface area contributed by atoms with Crippen molar-refractivity contribution in [1.29, 1.82) is 0 Å². The zero-order valence-electron chi connectivity index (χ0n) is 12.2. The van der Waals surface area contributed by atoms with Gasteiger partial charge in [-0.1, -0.05) is 30.3 Å². The Morgan fingerprint density at radius 1 is 1.20 bits per heavy atom. The molecule has 1 aromatic heterocycles. The summed E-state index contributed by atoms with van der Waals surface area (Å²) in [5, 5.41) is 1.55. The second-order valence-electron chi connectivity index (χ2n) is 4.10. The molecule has 0 aliphatic carbocycles.